The van der Waals surface area contributed by atoms with Gasteiger partial charge in [-0.15, -0.1) is 0 Å². The zero-order chi connectivity index (χ0) is 15.4. The average Bonchev–Trinajstić information content (AvgIpc) is 3.07. The van der Waals surface area contributed by atoms with Crippen molar-refractivity contribution in [3.05, 3.63) is 82.9 Å². The summed E-state index contributed by atoms with van der Waals surface area (Å²) in [6.07, 6.45) is 4.32. The second-order valence-electron chi connectivity index (χ2n) is 5.38. The van der Waals surface area contributed by atoms with Gasteiger partial charge >= 0.3 is 0 Å². The number of nitriles is 1. The molecule has 1 aliphatic rings. The fourth-order valence-electron chi connectivity index (χ4n) is 2.58. The number of carbonyl (C=O) groups is 1. The molecule has 2 aromatic rings. The molecule has 108 valence electrons. The summed E-state index contributed by atoms with van der Waals surface area (Å²) < 4.78 is 0. The molecule has 0 aromatic heterocycles. The second-order valence-corrected chi connectivity index (χ2v) is 5.38. The highest BCUT2D eigenvalue weighted by Crippen LogP contribution is 2.15. The fraction of sp³-hybridized carbons (Fsp3) is 0.158. The van der Waals surface area contributed by atoms with Gasteiger partial charge in [0, 0.05) is 30.8 Å². The Balaban J connectivity index is 1.78. The van der Waals surface area contributed by atoms with Crippen molar-refractivity contribution < 1.29 is 4.79 Å². The van der Waals surface area contributed by atoms with E-state index >= 15 is 0 Å². The number of carbonyl (C=O) groups excluding carboxylic acids is 1. The lowest BCUT2D eigenvalue weighted by atomic mass is 10.0. The average molecular weight is 288 g/mol. The summed E-state index contributed by atoms with van der Waals surface area (Å²) >= 11 is 0. The molecule has 3 nitrogen and oxygen atoms in total. The maximum Gasteiger partial charge on any atom is 0.193 e. The minimum atomic E-state index is -0.00844. The Labute approximate surface area is 130 Å². The summed E-state index contributed by atoms with van der Waals surface area (Å²) in [5, 5.41) is 8.81. The van der Waals surface area contributed by atoms with Crippen molar-refractivity contribution in [2.75, 3.05) is 13.1 Å². The first-order chi connectivity index (χ1) is 10.8. The molecule has 0 atom stereocenters. The molecule has 22 heavy (non-hydrogen) atoms. The van der Waals surface area contributed by atoms with Crippen molar-refractivity contribution in [1.29, 1.82) is 5.26 Å². The van der Waals surface area contributed by atoms with Gasteiger partial charge in [-0.1, -0.05) is 30.4 Å². The normalized spacial score (nSPS) is 14.0. The highest BCUT2D eigenvalue weighted by molar-refractivity contribution is 6.09. The number of nitrogens with zero attached hydrogens (tertiary/aromatic N) is 2. The molecular formula is C19H16N2O. The number of ketones is 1. The van der Waals surface area contributed by atoms with Crippen LogP contribution in [0.15, 0.2) is 60.7 Å². The molecule has 0 N–H and O–H groups in total. The van der Waals surface area contributed by atoms with Gasteiger partial charge in [0.1, 0.15) is 0 Å². The molecule has 3 heteroatoms. The van der Waals surface area contributed by atoms with Crippen LogP contribution < -0.4 is 0 Å². The van der Waals surface area contributed by atoms with E-state index in [9.17, 15) is 4.79 Å². The van der Waals surface area contributed by atoms with Crippen LogP contribution in [0.3, 0.4) is 0 Å². The smallest absolute Gasteiger partial charge is 0.193 e. The maximum absolute atomic E-state index is 12.5. The molecule has 0 saturated carbocycles. The van der Waals surface area contributed by atoms with Crippen LogP contribution in [0, 0.1) is 11.3 Å². The molecule has 3 rings (SSSR count). The van der Waals surface area contributed by atoms with Crippen LogP contribution in [0.4, 0.5) is 0 Å². The molecule has 0 fully saturated rings. The highest BCUT2D eigenvalue weighted by atomic mass is 16.1. The molecule has 0 amide bonds. The molecule has 0 spiro atoms. The van der Waals surface area contributed by atoms with Crippen molar-refractivity contribution >= 4 is 5.78 Å². The van der Waals surface area contributed by atoms with E-state index in [1.807, 2.05) is 24.3 Å². The highest BCUT2D eigenvalue weighted by Gasteiger charge is 2.11. The molecule has 1 heterocycles. The van der Waals surface area contributed by atoms with Gasteiger partial charge in [0.15, 0.2) is 5.78 Å². The van der Waals surface area contributed by atoms with Crippen molar-refractivity contribution in [3.63, 3.8) is 0 Å². The van der Waals surface area contributed by atoms with Crippen LogP contribution in [0.5, 0.6) is 0 Å². The maximum atomic E-state index is 12.5. The Morgan fingerprint density at radius 2 is 1.77 bits per heavy atom. The Morgan fingerprint density at radius 3 is 2.45 bits per heavy atom. The third-order valence-electron chi connectivity index (χ3n) is 3.77. The number of hydrogen-bond donors (Lipinski definition) is 0. The molecule has 1 aliphatic heterocycles. The summed E-state index contributed by atoms with van der Waals surface area (Å²) in [6, 6.07) is 16.6. The lowest BCUT2D eigenvalue weighted by Crippen LogP contribution is -2.19. The van der Waals surface area contributed by atoms with Gasteiger partial charge in [-0.3, -0.25) is 9.69 Å². The molecule has 0 aliphatic carbocycles. The largest absolute Gasteiger partial charge is 0.292 e. The van der Waals surface area contributed by atoms with Crippen LogP contribution >= 0.6 is 0 Å². The van der Waals surface area contributed by atoms with E-state index in [1.165, 1.54) is 0 Å². The van der Waals surface area contributed by atoms with Crippen LogP contribution in [0.2, 0.25) is 0 Å². The Hall–Kier alpha value is -2.70. The molecular weight excluding hydrogens is 272 g/mol. The van der Waals surface area contributed by atoms with Gasteiger partial charge in [0.05, 0.1) is 11.6 Å². The molecule has 0 saturated heterocycles. The third kappa shape index (κ3) is 3.13. The summed E-state index contributed by atoms with van der Waals surface area (Å²) in [6.45, 7) is 2.78. The summed E-state index contributed by atoms with van der Waals surface area (Å²) in [7, 11) is 0. The van der Waals surface area contributed by atoms with Gasteiger partial charge in [0.2, 0.25) is 0 Å². The Bertz CT molecular complexity index is 746. The molecule has 0 radical (unpaired) electrons. The second kappa shape index (κ2) is 6.38. The van der Waals surface area contributed by atoms with Gasteiger partial charge < -0.3 is 0 Å². The lowest BCUT2D eigenvalue weighted by Gasteiger charge is -2.15. The van der Waals surface area contributed by atoms with Crippen LogP contribution in [-0.2, 0) is 6.54 Å². The topological polar surface area (TPSA) is 44.1 Å². The molecule has 2 aromatic carbocycles. The standard InChI is InChI=1S/C19H16N2O/c20-13-15-6-8-17(9-7-15)19(22)18-5-3-4-16(12-18)14-21-10-1-2-11-21/h1-9,12H,10-11,14H2. The predicted molar refractivity (Wildman–Crippen MR) is 85.4 cm³/mol. The van der Waals surface area contributed by atoms with E-state index in [4.69, 9.17) is 5.26 Å². The van der Waals surface area contributed by atoms with E-state index in [2.05, 4.69) is 23.1 Å². The van der Waals surface area contributed by atoms with Gasteiger partial charge in [0.25, 0.3) is 0 Å². The van der Waals surface area contributed by atoms with Gasteiger partial charge in [-0.05, 0) is 35.9 Å². The zero-order valence-corrected chi connectivity index (χ0v) is 12.2. The summed E-state index contributed by atoms with van der Waals surface area (Å²) in [4.78, 5) is 14.8. The first-order valence-electron chi connectivity index (χ1n) is 7.27. The van der Waals surface area contributed by atoms with Crippen LogP contribution in [0.1, 0.15) is 27.0 Å². The van der Waals surface area contributed by atoms with E-state index in [0.717, 1.165) is 25.2 Å². The van der Waals surface area contributed by atoms with Crippen molar-refractivity contribution in [2.24, 2.45) is 0 Å². The van der Waals surface area contributed by atoms with Crippen LogP contribution in [-0.4, -0.2) is 23.8 Å². The van der Waals surface area contributed by atoms with E-state index < -0.39 is 0 Å². The first kappa shape index (κ1) is 14.2. The first-order valence-corrected chi connectivity index (χ1v) is 7.27. The minimum absolute atomic E-state index is 0.00844. The van der Waals surface area contributed by atoms with Crippen molar-refractivity contribution in [3.8, 4) is 6.07 Å². The van der Waals surface area contributed by atoms with Crippen LogP contribution in [0.25, 0.3) is 0 Å². The Kier molecular flexibility index (Phi) is 4.13. The number of hydrogen-bond acceptors (Lipinski definition) is 3. The molecule has 0 bridgehead atoms. The van der Waals surface area contributed by atoms with Gasteiger partial charge in [-0.2, -0.15) is 5.26 Å². The van der Waals surface area contributed by atoms with E-state index in [-0.39, 0.29) is 5.78 Å². The van der Waals surface area contributed by atoms with Crippen molar-refractivity contribution in [1.82, 2.24) is 4.90 Å². The van der Waals surface area contributed by atoms with E-state index in [0.29, 0.717) is 16.7 Å². The van der Waals surface area contributed by atoms with E-state index in [1.54, 1.807) is 24.3 Å². The summed E-state index contributed by atoms with van der Waals surface area (Å²) in [5.74, 6) is -0.00844. The SMILES string of the molecule is N#Cc1ccc(C(=O)c2cccc(CN3CC=CC3)c2)cc1. The monoisotopic (exact) mass is 288 g/mol. The minimum Gasteiger partial charge on any atom is -0.292 e. The predicted octanol–water partition coefficient (Wildman–Crippen LogP) is 3.16. The fourth-order valence-corrected chi connectivity index (χ4v) is 2.58. The quantitative estimate of drug-likeness (QED) is 0.641. The van der Waals surface area contributed by atoms with Gasteiger partial charge in [-0.25, -0.2) is 0 Å². The summed E-state index contributed by atoms with van der Waals surface area (Å²) in [5.41, 5.74) is 3.00. The lowest BCUT2D eigenvalue weighted by molar-refractivity contribution is 0.103. The third-order valence-corrected chi connectivity index (χ3v) is 3.77. The van der Waals surface area contributed by atoms with Crippen molar-refractivity contribution in [2.45, 2.75) is 6.54 Å². The zero-order valence-electron chi connectivity index (χ0n) is 12.2. The Morgan fingerprint density at radius 1 is 1.05 bits per heavy atom. The number of rotatable bonds is 4. The molecule has 0 unspecified atom stereocenters. The number of benzene rings is 2.